The molecule has 0 fully saturated rings. The number of hydrogen-bond donors (Lipinski definition) is 1. The van der Waals surface area contributed by atoms with Gasteiger partial charge in [0.2, 0.25) is 9.84 Å². The molecule has 8 heteroatoms. The van der Waals surface area contributed by atoms with Gasteiger partial charge in [-0.25, -0.2) is 8.42 Å². The summed E-state index contributed by atoms with van der Waals surface area (Å²) < 4.78 is 37.5. The van der Waals surface area contributed by atoms with Crippen LogP contribution in [-0.2, 0) is 16.4 Å². The minimum Gasteiger partial charge on any atom is -0.497 e. The first-order valence-electron chi connectivity index (χ1n) is 9.76. The standard InChI is InChI=1S/C24H21ClN2O4S/c1-30-18-7-3-16(4-8-18)14-27-24-21-13-19(31-2)9-12-22(21)26-15-23(24)32(28,29)20-10-5-17(25)6-11-20/h3-13,15H,14H2,1-2H3,(H,26,27). The summed E-state index contributed by atoms with van der Waals surface area (Å²) in [4.78, 5) is 4.60. The predicted octanol–water partition coefficient (Wildman–Crippen LogP) is 5.35. The van der Waals surface area contributed by atoms with E-state index in [0.29, 0.717) is 33.9 Å². The van der Waals surface area contributed by atoms with Gasteiger partial charge in [-0.05, 0) is 60.2 Å². The van der Waals surface area contributed by atoms with Gasteiger partial charge in [-0.2, -0.15) is 0 Å². The molecule has 3 aromatic carbocycles. The molecule has 1 N–H and O–H groups in total. The fraction of sp³-hybridized carbons (Fsp3) is 0.125. The molecule has 6 nitrogen and oxygen atoms in total. The van der Waals surface area contributed by atoms with Gasteiger partial charge >= 0.3 is 0 Å². The van der Waals surface area contributed by atoms with Gasteiger partial charge in [-0.15, -0.1) is 0 Å². The van der Waals surface area contributed by atoms with Gasteiger partial charge in [0.1, 0.15) is 16.4 Å². The van der Waals surface area contributed by atoms with Gasteiger partial charge in [-0.3, -0.25) is 4.98 Å². The Balaban J connectivity index is 1.83. The molecule has 0 aliphatic carbocycles. The third-order valence-electron chi connectivity index (χ3n) is 5.08. The first kappa shape index (κ1) is 21.9. The van der Waals surface area contributed by atoms with Crippen LogP contribution in [0.1, 0.15) is 5.56 Å². The number of ether oxygens (including phenoxy) is 2. The summed E-state index contributed by atoms with van der Waals surface area (Å²) in [6.07, 6.45) is 1.38. The Labute approximate surface area is 191 Å². The summed E-state index contributed by atoms with van der Waals surface area (Å²) >= 11 is 5.95. The van der Waals surface area contributed by atoms with Crippen molar-refractivity contribution in [1.82, 2.24) is 4.98 Å². The maximum Gasteiger partial charge on any atom is 0.210 e. The second-order valence-corrected chi connectivity index (χ2v) is 9.39. The van der Waals surface area contributed by atoms with E-state index in [9.17, 15) is 8.42 Å². The Hall–Kier alpha value is -3.29. The van der Waals surface area contributed by atoms with E-state index in [-0.39, 0.29) is 9.79 Å². The Morgan fingerprint density at radius 3 is 2.22 bits per heavy atom. The molecule has 4 aromatic rings. The lowest BCUT2D eigenvalue weighted by atomic mass is 10.1. The van der Waals surface area contributed by atoms with Gasteiger partial charge in [-0.1, -0.05) is 23.7 Å². The summed E-state index contributed by atoms with van der Waals surface area (Å²) in [5.41, 5.74) is 2.08. The molecular weight excluding hydrogens is 448 g/mol. The molecule has 0 radical (unpaired) electrons. The minimum absolute atomic E-state index is 0.0779. The summed E-state index contributed by atoms with van der Waals surface area (Å²) in [5.74, 6) is 1.35. The van der Waals surface area contributed by atoms with E-state index in [1.54, 1.807) is 44.6 Å². The fourth-order valence-corrected chi connectivity index (χ4v) is 4.86. The highest BCUT2D eigenvalue weighted by atomic mass is 35.5. The van der Waals surface area contributed by atoms with Gasteiger partial charge in [0.15, 0.2) is 0 Å². The van der Waals surface area contributed by atoms with E-state index in [0.717, 1.165) is 11.3 Å². The number of halogens is 1. The lowest BCUT2D eigenvalue weighted by molar-refractivity contribution is 0.414. The molecule has 0 unspecified atom stereocenters. The van der Waals surface area contributed by atoms with Crippen LogP contribution in [0, 0.1) is 0 Å². The van der Waals surface area contributed by atoms with E-state index < -0.39 is 9.84 Å². The van der Waals surface area contributed by atoms with Gasteiger partial charge < -0.3 is 14.8 Å². The average Bonchev–Trinajstić information content (AvgIpc) is 2.82. The summed E-state index contributed by atoms with van der Waals surface area (Å²) in [7, 11) is -0.685. The van der Waals surface area contributed by atoms with E-state index in [1.807, 2.05) is 24.3 Å². The number of anilines is 1. The van der Waals surface area contributed by atoms with Gasteiger partial charge in [0.25, 0.3) is 0 Å². The van der Waals surface area contributed by atoms with Crippen molar-refractivity contribution in [1.29, 1.82) is 0 Å². The zero-order valence-electron chi connectivity index (χ0n) is 17.5. The average molecular weight is 469 g/mol. The van der Waals surface area contributed by atoms with Crippen molar-refractivity contribution in [2.45, 2.75) is 16.3 Å². The van der Waals surface area contributed by atoms with Crippen molar-refractivity contribution in [3.8, 4) is 11.5 Å². The molecule has 0 saturated heterocycles. The first-order chi connectivity index (χ1) is 15.4. The number of pyridine rings is 1. The number of nitrogens with zero attached hydrogens (tertiary/aromatic N) is 1. The van der Waals surface area contributed by atoms with E-state index in [1.165, 1.54) is 18.3 Å². The van der Waals surface area contributed by atoms with Gasteiger partial charge in [0, 0.05) is 23.2 Å². The van der Waals surface area contributed by atoms with Crippen molar-refractivity contribution in [2.24, 2.45) is 0 Å². The summed E-state index contributed by atoms with van der Waals surface area (Å²) in [6.45, 7) is 0.406. The molecule has 0 amide bonds. The van der Waals surface area contributed by atoms with E-state index in [2.05, 4.69) is 10.3 Å². The van der Waals surface area contributed by atoms with Gasteiger partial charge in [0.05, 0.1) is 30.3 Å². The molecule has 4 rings (SSSR count). The second kappa shape index (κ2) is 9.06. The van der Waals surface area contributed by atoms with E-state index in [4.69, 9.17) is 21.1 Å². The lowest BCUT2D eigenvalue weighted by Gasteiger charge is -2.16. The smallest absolute Gasteiger partial charge is 0.210 e. The fourth-order valence-electron chi connectivity index (χ4n) is 3.34. The molecule has 0 aliphatic heterocycles. The zero-order valence-corrected chi connectivity index (χ0v) is 19.1. The lowest BCUT2D eigenvalue weighted by Crippen LogP contribution is -2.09. The normalized spacial score (nSPS) is 11.3. The monoisotopic (exact) mass is 468 g/mol. The zero-order chi connectivity index (χ0) is 22.7. The van der Waals surface area contributed by atoms with Crippen molar-refractivity contribution >= 4 is 38.0 Å². The number of hydrogen-bond acceptors (Lipinski definition) is 6. The number of methoxy groups -OCH3 is 2. The highest BCUT2D eigenvalue weighted by Crippen LogP contribution is 2.35. The molecule has 0 atom stereocenters. The maximum absolute atomic E-state index is 13.5. The molecule has 0 spiro atoms. The number of rotatable bonds is 7. The highest BCUT2D eigenvalue weighted by molar-refractivity contribution is 7.91. The summed E-state index contributed by atoms with van der Waals surface area (Å²) in [6, 6.07) is 19.0. The third kappa shape index (κ3) is 4.35. The second-order valence-electron chi connectivity index (χ2n) is 7.04. The number of nitrogens with one attached hydrogen (secondary N) is 1. The minimum atomic E-state index is -3.86. The van der Waals surface area contributed by atoms with Crippen molar-refractivity contribution in [3.63, 3.8) is 0 Å². The molecule has 164 valence electrons. The topological polar surface area (TPSA) is 77.5 Å². The van der Waals surface area contributed by atoms with Crippen LogP contribution in [0.25, 0.3) is 10.9 Å². The van der Waals surface area contributed by atoms with Crippen LogP contribution in [0.2, 0.25) is 5.02 Å². The van der Waals surface area contributed by atoms with Crippen molar-refractivity contribution < 1.29 is 17.9 Å². The molecular formula is C24H21ClN2O4S. The Morgan fingerprint density at radius 1 is 0.906 bits per heavy atom. The van der Waals surface area contributed by atoms with Crippen molar-refractivity contribution in [3.05, 3.63) is 83.5 Å². The first-order valence-corrected chi connectivity index (χ1v) is 11.6. The van der Waals surface area contributed by atoms with Crippen LogP contribution < -0.4 is 14.8 Å². The molecule has 0 saturated carbocycles. The van der Waals surface area contributed by atoms with E-state index >= 15 is 0 Å². The Morgan fingerprint density at radius 2 is 1.56 bits per heavy atom. The molecule has 0 aliphatic rings. The molecule has 1 aromatic heterocycles. The third-order valence-corrected chi connectivity index (χ3v) is 7.12. The Kier molecular flexibility index (Phi) is 6.21. The molecule has 0 bridgehead atoms. The summed E-state index contributed by atoms with van der Waals surface area (Å²) in [5, 5.41) is 4.41. The Bertz CT molecular complexity index is 1360. The largest absolute Gasteiger partial charge is 0.497 e. The quantitative estimate of drug-likeness (QED) is 0.394. The molecule has 1 heterocycles. The number of fused-ring (bicyclic) bond motifs is 1. The number of sulfone groups is 1. The maximum atomic E-state index is 13.5. The van der Waals surface area contributed by atoms with Crippen LogP contribution in [0.5, 0.6) is 11.5 Å². The molecule has 32 heavy (non-hydrogen) atoms. The number of aromatic nitrogens is 1. The SMILES string of the molecule is COc1ccc(CNc2c(S(=O)(=O)c3ccc(Cl)cc3)cnc3ccc(OC)cc23)cc1. The predicted molar refractivity (Wildman–Crippen MR) is 126 cm³/mol. The number of benzene rings is 3. The van der Waals surface area contributed by atoms with Crippen LogP contribution in [0.15, 0.2) is 82.7 Å². The highest BCUT2D eigenvalue weighted by Gasteiger charge is 2.24. The van der Waals surface area contributed by atoms with Crippen molar-refractivity contribution in [2.75, 3.05) is 19.5 Å². The van der Waals surface area contributed by atoms with Crippen LogP contribution in [0.4, 0.5) is 5.69 Å². The van der Waals surface area contributed by atoms with Crippen LogP contribution >= 0.6 is 11.6 Å². The van der Waals surface area contributed by atoms with Crippen LogP contribution in [-0.4, -0.2) is 27.6 Å². The van der Waals surface area contributed by atoms with Crippen LogP contribution in [0.3, 0.4) is 0 Å².